The maximum absolute atomic E-state index is 6.00. The lowest BCUT2D eigenvalue weighted by Crippen LogP contribution is -1.96. The molecule has 0 aliphatic rings. The monoisotopic (exact) mass is 262 g/mol. The average Bonchev–Trinajstić information content (AvgIpc) is 2.39. The molecule has 2 rings (SSSR count). The zero-order valence-electron chi connectivity index (χ0n) is 10.5. The number of methoxy groups -OCH3 is 1. The van der Waals surface area contributed by atoms with Crippen LogP contribution in [0.3, 0.4) is 0 Å². The zero-order chi connectivity index (χ0) is 13.0. The SMILES string of the molecule is CCc1cc(Cl)nc(-c2cccc(COC)c2)n1. The standard InChI is InChI=1S/C14H15ClN2O/c1-3-12-8-13(15)17-14(16-12)11-6-4-5-10(7-11)9-18-2/h4-8H,3,9H2,1-2H3. The number of aromatic nitrogens is 2. The first-order chi connectivity index (χ1) is 8.72. The molecule has 0 fully saturated rings. The summed E-state index contributed by atoms with van der Waals surface area (Å²) < 4.78 is 5.12. The fourth-order valence-corrected chi connectivity index (χ4v) is 1.95. The van der Waals surface area contributed by atoms with Crippen LogP contribution in [0.2, 0.25) is 5.15 Å². The second kappa shape index (κ2) is 5.94. The van der Waals surface area contributed by atoms with E-state index in [0.717, 1.165) is 23.2 Å². The van der Waals surface area contributed by atoms with Crippen LogP contribution < -0.4 is 0 Å². The molecule has 0 saturated heterocycles. The average molecular weight is 263 g/mol. The van der Waals surface area contributed by atoms with E-state index in [-0.39, 0.29) is 0 Å². The molecule has 4 heteroatoms. The minimum Gasteiger partial charge on any atom is -0.380 e. The van der Waals surface area contributed by atoms with Gasteiger partial charge in [-0.05, 0) is 24.1 Å². The molecule has 0 amide bonds. The van der Waals surface area contributed by atoms with Crippen LogP contribution in [0.4, 0.5) is 0 Å². The number of ether oxygens (including phenoxy) is 1. The van der Waals surface area contributed by atoms with Gasteiger partial charge in [0.25, 0.3) is 0 Å². The first-order valence-corrected chi connectivity index (χ1v) is 6.22. The van der Waals surface area contributed by atoms with Crippen LogP contribution in [0.1, 0.15) is 18.2 Å². The van der Waals surface area contributed by atoms with Crippen molar-refractivity contribution in [1.82, 2.24) is 9.97 Å². The van der Waals surface area contributed by atoms with Gasteiger partial charge in [-0.2, -0.15) is 0 Å². The summed E-state index contributed by atoms with van der Waals surface area (Å²) in [5.74, 6) is 0.664. The van der Waals surface area contributed by atoms with Gasteiger partial charge in [-0.25, -0.2) is 9.97 Å². The van der Waals surface area contributed by atoms with Crippen LogP contribution >= 0.6 is 11.6 Å². The van der Waals surface area contributed by atoms with Crippen molar-refractivity contribution in [3.8, 4) is 11.4 Å². The Morgan fingerprint density at radius 2 is 2.06 bits per heavy atom. The van der Waals surface area contributed by atoms with E-state index in [0.29, 0.717) is 17.6 Å². The van der Waals surface area contributed by atoms with Gasteiger partial charge in [0.2, 0.25) is 0 Å². The third-order valence-electron chi connectivity index (χ3n) is 2.61. The highest BCUT2D eigenvalue weighted by molar-refractivity contribution is 6.29. The molecule has 3 nitrogen and oxygen atoms in total. The van der Waals surface area contributed by atoms with Gasteiger partial charge in [-0.1, -0.05) is 36.7 Å². The zero-order valence-corrected chi connectivity index (χ0v) is 11.2. The Balaban J connectivity index is 2.41. The third-order valence-corrected chi connectivity index (χ3v) is 2.80. The smallest absolute Gasteiger partial charge is 0.161 e. The Labute approximate surface area is 112 Å². The van der Waals surface area contributed by atoms with Crippen molar-refractivity contribution < 1.29 is 4.74 Å². The quantitative estimate of drug-likeness (QED) is 0.791. The summed E-state index contributed by atoms with van der Waals surface area (Å²) in [6.45, 7) is 2.62. The van der Waals surface area contributed by atoms with E-state index >= 15 is 0 Å². The predicted molar refractivity (Wildman–Crippen MR) is 72.6 cm³/mol. The summed E-state index contributed by atoms with van der Waals surface area (Å²) in [7, 11) is 1.68. The molecule has 0 unspecified atom stereocenters. The van der Waals surface area contributed by atoms with Crippen LogP contribution in [0.5, 0.6) is 0 Å². The highest BCUT2D eigenvalue weighted by Gasteiger charge is 2.05. The minimum absolute atomic E-state index is 0.481. The van der Waals surface area contributed by atoms with Gasteiger partial charge in [-0.3, -0.25) is 0 Å². The summed E-state index contributed by atoms with van der Waals surface area (Å²) in [6, 6.07) is 9.78. The van der Waals surface area contributed by atoms with E-state index in [1.807, 2.05) is 31.2 Å². The maximum atomic E-state index is 6.00. The molecule has 18 heavy (non-hydrogen) atoms. The molecule has 0 radical (unpaired) electrons. The lowest BCUT2D eigenvalue weighted by molar-refractivity contribution is 0.185. The Morgan fingerprint density at radius 3 is 2.78 bits per heavy atom. The Morgan fingerprint density at radius 1 is 1.22 bits per heavy atom. The highest BCUT2D eigenvalue weighted by Crippen LogP contribution is 2.20. The first-order valence-electron chi connectivity index (χ1n) is 5.84. The van der Waals surface area contributed by atoms with Crippen LogP contribution in [-0.2, 0) is 17.8 Å². The van der Waals surface area contributed by atoms with Crippen LogP contribution in [0.15, 0.2) is 30.3 Å². The highest BCUT2D eigenvalue weighted by atomic mass is 35.5. The molecule has 94 valence electrons. The molecule has 0 atom stereocenters. The molecule has 1 aromatic heterocycles. The fraction of sp³-hybridized carbons (Fsp3) is 0.286. The number of aryl methyl sites for hydroxylation is 1. The second-order valence-corrected chi connectivity index (χ2v) is 4.38. The molecule has 1 aromatic carbocycles. The summed E-state index contributed by atoms with van der Waals surface area (Å²) in [5.41, 5.74) is 3.00. The molecule has 0 aliphatic heterocycles. The number of hydrogen-bond donors (Lipinski definition) is 0. The van der Waals surface area contributed by atoms with Crippen molar-refractivity contribution >= 4 is 11.6 Å². The van der Waals surface area contributed by atoms with E-state index < -0.39 is 0 Å². The topological polar surface area (TPSA) is 35.0 Å². The summed E-state index contributed by atoms with van der Waals surface area (Å²) in [6.07, 6.45) is 0.840. The van der Waals surface area contributed by atoms with Crippen molar-refractivity contribution in [2.24, 2.45) is 0 Å². The molecule has 0 saturated carbocycles. The van der Waals surface area contributed by atoms with Crippen molar-refractivity contribution in [1.29, 1.82) is 0 Å². The van der Waals surface area contributed by atoms with Crippen LogP contribution in [0.25, 0.3) is 11.4 Å². The van der Waals surface area contributed by atoms with Crippen LogP contribution in [0, 0.1) is 0 Å². The van der Waals surface area contributed by atoms with Gasteiger partial charge in [0.1, 0.15) is 5.15 Å². The van der Waals surface area contributed by atoms with Crippen molar-refractivity contribution in [3.63, 3.8) is 0 Å². The lowest BCUT2D eigenvalue weighted by atomic mass is 10.1. The van der Waals surface area contributed by atoms with Gasteiger partial charge in [0.05, 0.1) is 6.61 Å². The lowest BCUT2D eigenvalue weighted by Gasteiger charge is -2.06. The molecule has 0 aliphatic carbocycles. The number of hydrogen-bond acceptors (Lipinski definition) is 3. The van der Waals surface area contributed by atoms with E-state index in [4.69, 9.17) is 16.3 Å². The largest absolute Gasteiger partial charge is 0.380 e. The Hall–Kier alpha value is -1.45. The molecule has 2 aromatic rings. The fourth-order valence-electron chi connectivity index (χ4n) is 1.74. The summed E-state index contributed by atoms with van der Waals surface area (Å²) >= 11 is 6.00. The van der Waals surface area contributed by atoms with Gasteiger partial charge < -0.3 is 4.74 Å². The minimum atomic E-state index is 0.481. The van der Waals surface area contributed by atoms with Gasteiger partial charge in [-0.15, -0.1) is 0 Å². The molecule has 0 N–H and O–H groups in total. The van der Waals surface area contributed by atoms with E-state index in [9.17, 15) is 0 Å². The predicted octanol–water partition coefficient (Wildman–Crippen LogP) is 3.51. The first kappa shape index (κ1) is 13.0. The molecular formula is C14H15ClN2O. The molecule has 1 heterocycles. The van der Waals surface area contributed by atoms with Gasteiger partial charge in [0.15, 0.2) is 5.82 Å². The Kier molecular flexibility index (Phi) is 4.28. The molecular weight excluding hydrogens is 248 g/mol. The van der Waals surface area contributed by atoms with Crippen molar-refractivity contribution in [3.05, 3.63) is 46.7 Å². The number of nitrogens with zero attached hydrogens (tertiary/aromatic N) is 2. The molecule has 0 bridgehead atoms. The van der Waals surface area contributed by atoms with E-state index in [1.165, 1.54) is 0 Å². The second-order valence-electron chi connectivity index (χ2n) is 3.99. The normalized spacial score (nSPS) is 10.6. The number of rotatable bonds is 4. The number of halogens is 1. The molecule has 0 spiro atoms. The summed E-state index contributed by atoms with van der Waals surface area (Å²) in [4.78, 5) is 8.75. The Bertz CT molecular complexity index is 543. The van der Waals surface area contributed by atoms with E-state index in [2.05, 4.69) is 9.97 Å². The van der Waals surface area contributed by atoms with Crippen LogP contribution in [-0.4, -0.2) is 17.1 Å². The maximum Gasteiger partial charge on any atom is 0.161 e. The number of benzene rings is 1. The van der Waals surface area contributed by atoms with Crippen molar-refractivity contribution in [2.75, 3.05) is 7.11 Å². The van der Waals surface area contributed by atoms with E-state index in [1.54, 1.807) is 13.2 Å². The van der Waals surface area contributed by atoms with Gasteiger partial charge >= 0.3 is 0 Å². The summed E-state index contributed by atoms with van der Waals surface area (Å²) in [5, 5.41) is 0.481. The van der Waals surface area contributed by atoms with Crippen molar-refractivity contribution in [2.45, 2.75) is 20.0 Å². The van der Waals surface area contributed by atoms with Gasteiger partial charge in [0, 0.05) is 18.4 Å². The third kappa shape index (κ3) is 3.06.